The average molecular weight is 471 g/mol. The molecule has 33 heavy (non-hydrogen) atoms. The minimum Gasteiger partial charge on any atom is -0.467 e. The third-order valence-corrected chi connectivity index (χ3v) is 6.54. The lowest BCUT2D eigenvalue weighted by molar-refractivity contribution is -0.0493. The van der Waals surface area contributed by atoms with Gasteiger partial charge in [-0.2, -0.15) is 5.10 Å². The molecule has 4 aromatic heterocycles. The van der Waals surface area contributed by atoms with Crippen LogP contribution in [0.4, 0.5) is 8.78 Å². The van der Waals surface area contributed by atoms with Gasteiger partial charge in [0.1, 0.15) is 10.5 Å². The van der Waals surface area contributed by atoms with Crippen molar-refractivity contribution in [3.63, 3.8) is 0 Å². The summed E-state index contributed by atoms with van der Waals surface area (Å²) in [4.78, 5) is 33.2. The first kappa shape index (κ1) is 21.3. The highest BCUT2D eigenvalue weighted by molar-refractivity contribution is 7.20. The molecule has 1 saturated heterocycles. The molecule has 0 radical (unpaired) electrons. The normalized spacial score (nSPS) is 15.7. The highest BCUT2D eigenvalue weighted by atomic mass is 32.1. The molecule has 5 heterocycles. The Morgan fingerprint density at radius 3 is 2.55 bits per heavy atom. The van der Waals surface area contributed by atoms with Crippen molar-refractivity contribution in [2.45, 2.75) is 18.8 Å². The number of halogens is 2. The van der Waals surface area contributed by atoms with Gasteiger partial charge in [-0.15, -0.1) is 11.3 Å². The third kappa shape index (κ3) is 4.01. The van der Waals surface area contributed by atoms with Crippen molar-refractivity contribution in [3.8, 4) is 28.8 Å². The van der Waals surface area contributed by atoms with Crippen molar-refractivity contribution in [1.82, 2.24) is 34.6 Å². The minimum absolute atomic E-state index is 0.0226. The van der Waals surface area contributed by atoms with Gasteiger partial charge in [0.05, 0.1) is 23.2 Å². The van der Waals surface area contributed by atoms with Gasteiger partial charge in [0, 0.05) is 57.0 Å². The molecule has 0 bridgehead atoms. The van der Waals surface area contributed by atoms with E-state index in [-0.39, 0.29) is 37.8 Å². The van der Waals surface area contributed by atoms with Crippen molar-refractivity contribution in [2.24, 2.45) is 7.05 Å². The highest BCUT2D eigenvalue weighted by Gasteiger charge is 2.36. The number of ether oxygens (including phenoxy) is 1. The first-order chi connectivity index (χ1) is 15.8. The van der Waals surface area contributed by atoms with Crippen LogP contribution < -0.4 is 4.74 Å². The maximum atomic E-state index is 13.5. The number of piperidine rings is 1. The number of aromatic nitrogens is 6. The maximum Gasteiger partial charge on any atom is 0.316 e. The smallest absolute Gasteiger partial charge is 0.316 e. The second-order valence-electron chi connectivity index (χ2n) is 7.67. The number of hydrogen-bond acceptors (Lipinski definition) is 8. The van der Waals surface area contributed by atoms with Crippen molar-refractivity contribution in [2.75, 3.05) is 20.2 Å². The van der Waals surface area contributed by atoms with Crippen LogP contribution in [0.3, 0.4) is 0 Å². The summed E-state index contributed by atoms with van der Waals surface area (Å²) < 4.78 is 33.8. The maximum absolute atomic E-state index is 13.5. The Morgan fingerprint density at radius 2 is 1.91 bits per heavy atom. The highest BCUT2D eigenvalue weighted by Crippen LogP contribution is 2.35. The fourth-order valence-electron chi connectivity index (χ4n) is 3.69. The minimum atomic E-state index is -2.72. The summed E-state index contributed by atoms with van der Waals surface area (Å²) in [7, 11) is 3.28. The van der Waals surface area contributed by atoms with Crippen LogP contribution in [0.5, 0.6) is 6.01 Å². The van der Waals surface area contributed by atoms with Crippen LogP contribution in [-0.2, 0) is 7.05 Å². The second-order valence-corrected chi connectivity index (χ2v) is 8.70. The Bertz CT molecular complexity index is 1330. The summed E-state index contributed by atoms with van der Waals surface area (Å²) in [6.07, 6.45) is 4.13. The number of methoxy groups -OCH3 is 1. The van der Waals surface area contributed by atoms with Crippen LogP contribution in [-0.4, -0.2) is 66.6 Å². The number of carbonyl (C=O) groups excluding carboxylic acids is 1. The zero-order chi connectivity index (χ0) is 23.2. The molecule has 12 heteroatoms. The lowest BCUT2D eigenvalue weighted by atomic mass is 10.1. The Hall–Kier alpha value is -3.54. The monoisotopic (exact) mass is 471 g/mol. The van der Waals surface area contributed by atoms with Gasteiger partial charge in [-0.05, 0) is 12.1 Å². The molecule has 0 spiro atoms. The first-order valence-electron chi connectivity index (χ1n) is 10.2. The number of nitrogens with zero attached hydrogens (tertiary/aromatic N) is 7. The zero-order valence-corrected chi connectivity index (χ0v) is 18.6. The van der Waals surface area contributed by atoms with E-state index in [1.807, 2.05) is 6.07 Å². The fraction of sp³-hybridized carbons (Fsp3) is 0.333. The number of alkyl halides is 2. The summed E-state index contributed by atoms with van der Waals surface area (Å²) in [6, 6.07) is 3.77. The molecule has 0 aliphatic carbocycles. The third-order valence-electron chi connectivity index (χ3n) is 5.52. The van der Waals surface area contributed by atoms with E-state index in [1.54, 1.807) is 36.4 Å². The van der Waals surface area contributed by atoms with Gasteiger partial charge < -0.3 is 9.64 Å². The summed E-state index contributed by atoms with van der Waals surface area (Å²) >= 11 is 1.21. The van der Waals surface area contributed by atoms with E-state index < -0.39 is 5.92 Å². The molecule has 9 nitrogen and oxygen atoms in total. The van der Waals surface area contributed by atoms with Crippen LogP contribution >= 0.6 is 11.3 Å². The first-order valence-corrected chi connectivity index (χ1v) is 11.0. The number of hydrogen-bond donors (Lipinski definition) is 0. The predicted molar refractivity (Wildman–Crippen MR) is 117 cm³/mol. The predicted octanol–water partition coefficient (Wildman–Crippen LogP) is 3.43. The number of thiophene rings is 1. The largest absolute Gasteiger partial charge is 0.467 e. The number of rotatable bonds is 4. The number of fused-ring (bicyclic) bond motifs is 1. The van der Waals surface area contributed by atoms with Gasteiger partial charge in [0.25, 0.3) is 11.8 Å². The van der Waals surface area contributed by atoms with E-state index in [0.29, 0.717) is 32.2 Å². The lowest BCUT2D eigenvalue weighted by Crippen LogP contribution is -2.42. The van der Waals surface area contributed by atoms with Gasteiger partial charge in [-0.25, -0.2) is 28.7 Å². The molecular formula is C21H19F2N7O2S. The summed E-state index contributed by atoms with van der Waals surface area (Å²) in [6.45, 7) is 0.0452. The molecule has 5 rings (SSSR count). The molecule has 1 fully saturated rings. The molecule has 1 aliphatic heterocycles. The Balaban J connectivity index is 1.59. The van der Waals surface area contributed by atoms with E-state index >= 15 is 0 Å². The van der Waals surface area contributed by atoms with Crippen LogP contribution in [0.25, 0.3) is 33.0 Å². The Morgan fingerprint density at radius 1 is 1.18 bits per heavy atom. The molecular weight excluding hydrogens is 452 g/mol. The lowest BCUT2D eigenvalue weighted by Gasteiger charge is -2.31. The van der Waals surface area contributed by atoms with Crippen molar-refractivity contribution >= 4 is 27.5 Å². The zero-order valence-electron chi connectivity index (χ0n) is 17.8. The second kappa shape index (κ2) is 8.10. The fourth-order valence-corrected chi connectivity index (χ4v) is 4.69. The van der Waals surface area contributed by atoms with Gasteiger partial charge in [0.15, 0.2) is 5.82 Å². The van der Waals surface area contributed by atoms with Gasteiger partial charge >= 0.3 is 6.01 Å². The SMILES string of the molecule is COc1ncc(-c2nc(-c3ccnn3C)c3cc(C(=O)N4CCC(F)(F)CC4)sc3n2)cn1. The quantitative estimate of drug-likeness (QED) is 0.450. The van der Waals surface area contributed by atoms with Crippen molar-refractivity contribution < 1.29 is 18.3 Å². The van der Waals surface area contributed by atoms with E-state index in [2.05, 4.69) is 20.1 Å². The van der Waals surface area contributed by atoms with Crippen LogP contribution in [0.1, 0.15) is 22.5 Å². The summed E-state index contributed by atoms with van der Waals surface area (Å²) in [5.41, 5.74) is 1.93. The molecule has 1 aliphatic rings. The average Bonchev–Trinajstić information content (AvgIpc) is 3.44. The van der Waals surface area contributed by atoms with Crippen LogP contribution in [0, 0.1) is 0 Å². The van der Waals surface area contributed by atoms with E-state index in [9.17, 15) is 13.6 Å². The summed E-state index contributed by atoms with van der Waals surface area (Å²) in [5.74, 6) is -2.61. The number of amides is 1. The van der Waals surface area contributed by atoms with E-state index in [1.165, 1.54) is 23.3 Å². The van der Waals surface area contributed by atoms with Gasteiger partial charge in [-0.1, -0.05) is 0 Å². The molecule has 1 amide bonds. The van der Waals surface area contributed by atoms with E-state index in [0.717, 1.165) is 5.69 Å². The van der Waals surface area contributed by atoms with Crippen molar-refractivity contribution in [3.05, 3.63) is 35.6 Å². The molecule has 0 aromatic carbocycles. The molecule has 4 aromatic rings. The van der Waals surface area contributed by atoms with Crippen molar-refractivity contribution in [1.29, 1.82) is 0 Å². The van der Waals surface area contributed by atoms with E-state index in [4.69, 9.17) is 9.72 Å². The molecule has 0 unspecified atom stereocenters. The molecule has 0 saturated carbocycles. The van der Waals surface area contributed by atoms with Crippen LogP contribution in [0.15, 0.2) is 30.7 Å². The summed E-state index contributed by atoms with van der Waals surface area (Å²) in [5, 5.41) is 4.91. The molecule has 0 N–H and O–H groups in total. The Kier molecular flexibility index (Phi) is 5.23. The number of likely N-dealkylation sites (tertiary alicyclic amines) is 1. The molecule has 170 valence electrons. The number of carbonyl (C=O) groups is 1. The molecule has 0 atom stereocenters. The standard InChI is InChI=1S/C21H19F2N7O2S/c1-29-14(3-6-26-29)16-13-9-15(19(31)30-7-4-21(22,23)5-8-30)33-18(13)28-17(27-16)12-10-24-20(32-2)25-11-12/h3,6,9-11H,4-5,7-8H2,1-2H3. The van der Waals surface area contributed by atoms with Crippen LogP contribution in [0.2, 0.25) is 0 Å². The van der Waals surface area contributed by atoms with Gasteiger partial charge in [0.2, 0.25) is 0 Å². The Labute approximate surface area is 191 Å². The number of aryl methyl sites for hydroxylation is 1. The topological polar surface area (TPSA) is 98.9 Å². The van der Waals surface area contributed by atoms with Gasteiger partial charge in [-0.3, -0.25) is 9.48 Å².